The van der Waals surface area contributed by atoms with Crippen LogP contribution in [-0.4, -0.2) is 57.7 Å². The van der Waals surface area contributed by atoms with Crippen LogP contribution in [0.3, 0.4) is 0 Å². The second-order valence-corrected chi connectivity index (χ2v) is 8.52. The smallest absolute Gasteiger partial charge is 0.342 e. The third kappa shape index (κ3) is 6.27. The number of carbonyl (C=O) groups is 3. The molecule has 0 aliphatic carbocycles. The fraction of sp³-hybridized carbons (Fsp3) is 0.207. The zero-order chi connectivity index (χ0) is 27.5. The number of carbonyl (C=O) groups excluding carboxylic acids is 3. The molecule has 0 aromatic carbocycles. The number of nitrogens with one attached hydrogen (secondary N) is 2. The summed E-state index contributed by atoms with van der Waals surface area (Å²) in [6, 6.07) is 8.97. The van der Waals surface area contributed by atoms with Crippen LogP contribution in [0.2, 0.25) is 0 Å². The molecular formula is C29H26ClMnN4O6-. The van der Waals surface area contributed by atoms with Crippen LogP contribution in [0.5, 0.6) is 0 Å². The van der Waals surface area contributed by atoms with Gasteiger partial charge in [0.15, 0.2) is 0 Å². The summed E-state index contributed by atoms with van der Waals surface area (Å²) in [5.41, 5.74) is 4.09. The molecule has 3 aromatic rings. The van der Waals surface area contributed by atoms with Crippen molar-refractivity contribution in [2.45, 2.75) is 20.8 Å². The van der Waals surface area contributed by atoms with E-state index in [4.69, 9.17) is 14.2 Å². The maximum Gasteiger partial charge on any atom is 0.342 e. The summed E-state index contributed by atoms with van der Waals surface area (Å²) >= 11 is 0. The monoisotopic (exact) mass is 616 g/mol. The van der Waals surface area contributed by atoms with E-state index in [2.05, 4.69) is 19.9 Å². The van der Waals surface area contributed by atoms with Gasteiger partial charge in [-0.2, -0.15) is 0 Å². The third-order valence-corrected chi connectivity index (χ3v) is 6.01. The number of aromatic amines is 2. The van der Waals surface area contributed by atoms with Gasteiger partial charge < -0.3 is 36.6 Å². The Bertz CT molecular complexity index is 1610. The number of halogens is 1. The van der Waals surface area contributed by atoms with Crippen molar-refractivity contribution in [1.82, 2.24) is 19.9 Å². The van der Waals surface area contributed by atoms with E-state index < -0.39 is 17.9 Å². The fourth-order valence-electron chi connectivity index (χ4n) is 4.39. The average Bonchev–Trinajstić information content (AvgIpc) is 3.71. The summed E-state index contributed by atoms with van der Waals surface area (Å²) in [6.07, 6.45) is 6.52. The molecule has 0 spiro atoms. The Labute approximate surface area is 252 Å². The molecule has 3 aromatic heterocycles. The van der Waals surface area contributed by atoms with Gasteiger partial charge in [0, 0.05) is 28.1 Å². The summed E-state index contributed by atoms with van der Waals surface area (Å²) in [5.74, 6) is -1.75. The molecule has 41 heavy (non-hydrogen) atoms. The minimum absolute atomic E-state index is 0. The quantitative estimate of drug-likeness (QED) is 0.168. The number of fused-ring (bicyclic) bond motifs is 8. The molecule has 0 unspecified atom stereocenters. The first-order valence-corrected chi connectivity index (χ1v) is 12.6. The Hall–Kier alpha value is -4.18. The molecule has 0 saturated heterocycles. The number of nitrogens with zero attached hydrogens (tertiary/aromatic N) is 2. The molecule has 1 radical (unpaired) electrons. The predicted octanol–water partition coefficient (Wildman–Crippen LogP) is 2.19. The third-order valence-electron chi connectivity index (χ3n) is 6.01. The van der Waals surface area contributed by atoms with Crippen LogP contribution in [0.15, 0.2) is 30.3 Å². The molecule has 5 rings (SSSR count). The topological polar surface area (TPSA) is 136 Å². The van der Waals surface area contributed by atoms with Crippen molar-refractivity contribution in [2.24, 2.45) is 0 Å². The molecule has 2 aliphatic heterocycles. The molecule has 0 saturated carbocycles. The SMILES string of the molecule is CCOC(=O)c1c2nc(c(C(=O)OCC)c3ccc(cc4ccc([nH]4)c(C(=O)OCC)c4nc1C=C4)[nH]3)C=C2.[Cl-].[Mn]. The maximum atomic E-state index is 13.1. The Morgan fingerprint density at radius 3 is 1.32 bits per heavy atom. The van der Waals surface area contributed by atoms with Crippen LogP contribution < -0.4 is 12.4 Å². The van der Waals surface area contributed by atoms with Crippen LogP contribution in [-0.2, 0) is 31.3 Å². The Morgan fingerprint density at radius 1 is 0.610 bits per heavy atom. The van der Waals surface area contributed by atoms with E-state index in [0.29, 0.717) is 33.5 Å². The summed E-state index contributed by atoms with van der Waals surface area (Å²) < 4.78 is 16.0. The van der Waals surface area contributed by atoms with E-state index in [-0.39, 0.29) is 77.4 Å². The first-order chi connectivity index (χ1) is 18.9. The molecule has 213 valence electrons. The Morgan fingerprint density at radius 2 is 0.951 bits per heavy atom. The van der Waals surface area contributed by atoms with E-state index in [9.17, 15) is 14.4 Å². The fourth-order valence-corrected chi connectivity index (χ4v) is 4.39. The molecular weight excluding hydrogens is 591 g/mol. The largest absolute Gasteiger partial charge is 1.00 e. The number of H-pyrrole nitrogens is 2. The van der Waals surface area contributed by atoms with Crippen molar-refractivity contribution in [3.8, 4) is 0 Å². The van der Waals surface area contributed by atoms with Crippen molar-refractivity contribution >= 4 is 64.3 Å². The van der Waals surface area contributed by atoms with Crippen LogP contribution in [0.4, 0.5) is 0 Å². The van der Waals surface area contributed by atoms with Gasteiger partial charge in [-0.05, 0) is 75.4 Å². The molecule has 10 nitrogen and oxygen atoms in total. The summed E-state index contributed by atoms with van der Waals surface area (Å²) in [6.45, 7) is 5.64. The minimum atomic E-state index is -0.637. The van der Waals surface area contributed by atoms with Crippen LogP contribution in [0.25, 0.3) is 46.4 Å². The van der Waals surface area contributed by atoms with Gasteiger partial charge in [-0.1, -0.05) is 0 Å². The number of hydrogen-bond acceptors (Lipinski definition) is 8. The van der Waals surface area contributed by atoms with Gasteiger partial charge in [-0.3, -0.25) is 0 Å². The minimum Gasteiger partial charge on any atom is -1.00 e. The molecule has 5 heterocycles. The van der Waals surface area contributed by atoms with E-state index >= 15 is 0 Å². The Balaban J connectivity index is 0.00000231. The van der Waals surface area contributed by atoms with Crippen molar-refractivity contribution < 1.29 is 58.1 Å². The van der Waals surface area contributed by atoms with E-state index in [1.807, 2.05) is 18.2 Å². The van der Waals surface area contributed by atoms with E-state index in [1.54, 1.807) is 57.2 Å². The summed E-state index contributed by atoms with van der Waals surface area (Å²) in [7, 11) is 0. The van der Waals surface area contributed by atoms with Gasteiger partial charge in [-0.15, -0.1) is 0 Å². The zero-order valence-electron chi connectivity index (χ0n) is 22.4. The van der Waals surface area contributed by atoms with Crippen molar-refractivity contribution in [3.63, 3.8) is 0 Å². The predicted molar refractivity (Wildman–Crippen MR) is 147 cm³/mol. The van der Waals surface area contributed by atoms with Crippen molar-refractivity contribution in [3.05, 3.63) is 69.8 Å². The van der Waals surface area contributed by atoms with Crippen molar-refractivity contribution in [1.29, 1.82) is 0 Å². The number of ether oxygens (including phenoxy) is 3. The molecule has 0 amide bonds. The van der Waals surface area contributed by atoms with Gasteiger partial charge in [0.25, 0.3) is 0 Å². The summed E-state index contributed by atoms with van der Waals surface area (Å²) in [4.78, 5) is 54.9. The average molecular weight is 617 g/mol. The van der Waals surface area contributed by atoms with E-state index in [1.165, 1.54) is 0 Å². The normalized spacial score (nSPS) is 11.3. The molecule has 0 atom stereocenters. The van der Waals surface area contributed by atoms with Gasteiger partial charge in [-0.25, -0.2) is 24.4 Å². The van der Waals surface area contributed by atoms with Crippen LogP contribution in [0.1, 0.15) is 74.6 Å². The molecule has 2 aliphatic rings. The number of hydrogen-bond donors (Lipinski definition) is 2. The van der Waals surface area contributed by atoms with Crippen molar-refractivity contribution in [2.75, 3.05) is 19.8 Å². The van der Waals surface area contributed by atoms with Crippen LogP contribution >= 0.6 is 0 Å². The standard InChI is InChI=1S/C29H26N4O6.ClH.Mn/c1-4-37-27(34)24-18-9-7-16(30-18)15-17-8-10-19(31-17)25(28(35)38-5-2)21-12-14-23(33-21)26(29(36)39-6-3)22-13-11-20(24)32-22;;/h7-15,30-31H,4-6H2,1-3H3;1H;/p-1. The van der Waals surface area contributed by atoms with Gasteiger partial charge in [0.1, 0.15) is 16.7 Å². The maximum absolute atomic E-state index is 13.1. The van der Waals surface area contributed by atoms with Gasteiger partial charge in [0.05, 0.1) is 53.6 Å². The molecule has 12 heteroatoms. The first-order valence-electron chi connectivity index (χ1n) is 12.6. The zero-order valence-corrected chi connectivity index (χ0v) is 24.4. The second-order valence-electron chi connectivity index (χ2n) is 8.52. The Kier molecular flexibility index (Phi) is 10.3. The van der Waals surface area contributed by atoms with E-state index in [0.717, 1.165) is 0 Å². The number of rotatable bonds is 6. The van der Waals surface area contributed by atoms with Gasteiger partial charge >= 0.3 is 17.9 Å². The molecule has 2 N–H and O–H groups in total. The number of esters is 3. The second kappa shape index (κ2) is 13.5. The molecule has 0 fully saturated rings. The van der Waals surface area contributed by atoms with Gasteiger partial charge in [0.2, 0.25) is 0 Å². The summed E-state index contributed by atoms with van der Waals surface area (Å²) in [5, 5.41) is 0. The number of aromatic nitrogens is 4. The van der Waals surface area contributed by atoms with Crippen LogP contribution in [0, 0.1) is 0 Å². The first kappa shape index (κ1) is 31.3. The molecule has 8 bridgehead atoms.